The molecule has 0 radical (unpaired) electrons. The van der Waals surface area contributed by atoms with E-state index in [0.717, 1.165) is 19.3 Å². The highest BCUT2D eigenvalue weighted by molar-refractivity contribution is 6.01. The summed E-state index contributed by atoms with van der Waals surface area (Å²) in [4.78, 5) is 31.0. The van der Waals surface area contributed by atoms with Gasteiger partial charge in [-0.25, -0.2) is 0 Å². The lowest BCUT2D eigenvalue weighted by atomic mass is 10.2. The van der Waals surface area contributed by atoms with Crippen molar-refractivity contribution in [2.45, 2.75) is 45.4 Å². The summed E-state index contributed by atoms with van der Waals surface area (Å²) >= 11 is 0. The number of nitrogens with one attached hydrogen (secondary N) is 1. The Hall–Kier alpha value is -1.43. The summed E-state index contributed by atoms with van der Waals surface area (Å²) in [5.41, 5.74) is 0. The summed E-state index contributed by atoms with van der Waals surface area (Å²) in [6, 6.07) is 0. The normalized spacial score (nSPS) is 13.7. The molecular weight excluding hydrogens is 238 g/mol. The van der Waals surface area contributed by atoms with Crippen molar-refractivity contribution in [3.63, 3.8) is 0 Å². The van der Waals surface area contributed by atoms with Crippen molar-refractivity contribution in [1.82, 2.24) is 5.32 Å². The van der Waals surface area contributed by atoms with Crippen LogP contribution in [0.4, 0.5) is 0 Å². The number of carbonyl (C=O) groups excluding carboxylic acids is 3. The third kappa shape index (κ3) is 9.77. The van der Waals surface area contributed by atoms with Gasteiger partial charge in [0.05, 0.1) is 6.61 Å². The van der Waals surface area contributed by atoms with Gasteiger partial charge in [0.25, 0.3) is 0 Å². The fourth-order valence-electron chi connectivity index (χ4n) is 1.26. The van der Waals surface area contributed by atoms with E-state index in [2.05, 4.69) is 17.0 Å². The second kappa shape index (κ2) is 10.7. The van der Waals surface area contributed by atoms with E-state index in [9.17, 15) is 14.4 Å². The Morgan fingerprint density at radius 1 is 1.28 bits per heavy atom. The number of carbonyl (C=O) groups is 3. The van der Waals surface area contributed by atoms with Gasteiger partial charge in [0.2, 0.25) is 11.8 Å². The Morgan fingerprint density at radius 3 is 2.28 bits per heavy atom. The first-order valence-corrected chi connectivity index (χ1v) is 6.19. The minimum absolute atomic E-state index is 0.0838. The number of amides is 2. The molecule has 0 aliphatic carbocycles. The Labute approximate surface area is 107 Å². The van der Waals surface area contributed by atoms with Gasteiger partial charge in [0, 0.05) is 19.3 Å². The lowest BCUT2D eigenvalue weighted by Gasteiger charge is -2.00. The van der Waals surface area contributed by atoms with E-state index in [0.29, 0.717) is 19.3 Å². The maximum atomic E-state index is 10.7. The first-order valence-electron chi connectivity index (χ1n) is 6.19. The maximum absolute atomic E-state index is 10.7. The van der Waals surface area contributed by atoms with Crippen LogP contribution in [0.2, 0.25) is 0 Å². The van der Waals surface area contributed by atoms with Gasteiger partial charge in [-0.3, -0.25) is 19.7 Å². The van der Waals surface area contributed by atoms with Gasteiger partial charge in [0.15, 0.2) is 0 Å². The second-order valence-corrected chi connectivity index (χ2v) is 3.87. The molecule has 0 aromatic carbocycles. The summed E-state index contributed by atoms with van der Waals surface area (Å²) < 4.78 is 4.65. The molecule has 0 aromatic heterocycles. The van der Waals surface area contributed by atoms with Crippen molar-refractivity contribution in [2.75, 3.05) is 13.2 Å². The molecule has 1 rings (SSSR count). The minimum atomic E-state index is -0.201. The molecule has 1 fully saturated rings. The van der Waals surface area contributed by atoms with Gasteiger partial charge in [-0.05, 0) is 6.42 Å². The van der Waals surface area contributed by atoms with E-state index >= 15 is 0 Å². The average molecular weight is 259 g/mol. The maximum Gasteiger partial charge on any atom is 0.305 e. The predicted molar refractivity (Wildman–Crippen MR) is 64.6 cm³/mol. The lowest BCUT2D eigenvalue weighted by Crippen LogP contribution is -2.18. The van der Waals surface area contributed by atoms with Gasteiger partial charge in [-0.2, -0.15) is 0 Å². The lowest BCUT2D eigenvalue weighted by molar-refractivity contribution is -0.144. The summed E-state index contributed by atoms with van der Waals surface area (Å²) in [5, 5.41) is 10.4. The molecular formula is C12H21NO5. The quantitative estimate of drug-likeness (QED) is 0.412. The molecule has 0 unspecified atom stereocenters. The number of unbranched alkanes of at least 4 members (excludes halogenated alkanes) is 2. The molecule has 1 saturated heterocycles. The van der Waals surface area contributed by atoms with Crippen molar-refractivity contribution < 1.29 is 24.2 Å². The molecule has 2 amide bonds. The van der Waals surface area contributed by atoms with Crippen LogP contribution < -0.4 is 5.32 Å². The molecule has 1 aliphatic rings. The zero-order chi connectivity index (χ0) is 13.8. The highest BCUT2D eigenvalue weighted by Crippen LogP contribution is 1.99. The van der Waals surface area contributed by atoms with Crippen LogP contribution in [0.25, 0.3) is 0 Å². The van der Waals surface area contributed by atoms with Crippen LogP contribution >= 0.6 is 0 Å². The molecule has 0 spiro atoms. The third-order valence-corrected chi connectivity index (χ3v) is 2.20. The van der Waals surface area contributed by atoms with Gasteiger partial charge in [-0.1, -0.05) is 19.8 Å². The molecule has 0 saturated carbocycles. The zero-order valence-corrected chi connectivity index (χ0v) is 10.7. The standard InChI is InChI=1S/C8H16O3.C4H5NO2/c1-2-3-4-5-8(10)11-7-6-9;6-3-1-2-4(7)5-3/h9H,2-7H2,1H3;1-2H2,(H,5,6,7). The van der Waals surface area contributed by atoms with Crippen molar-refractivity contribution in [3.05, 3.63) is 0 Å². The van der Waals surface area contributed by atoms with Crippen LogP contribution in [0.15, 0.2) is 0 Å². The first kappa shape index (κ1) is 16.6. The van der Waals surface area contributed by atoms with Gasteiger partial charge >= 0.3 is 5.97 Å². The van der Waals surface area contributed by atoms with E-state index in [1.165, 1.54) is 0 Å². The van der Waals surface area contributed by atoms with E-state index < -0.39 is 0 Å². The fraction of sp³-hybridized carbons (Fsp3) is 0.750. The number of hydrogen-bond donors (Lipinski definition) is 2. The van der Waals surface area contributed by atoms with Gasteiger partial charge in [0.1, 0.15) is 6.61 Å². The number of rotatable bonds is 6. The molecule has 0 aromatic rings. The SMILES string of the molecule is CCCCCC(=O)OCCO.O=C1CCC(=O)N1. The summed E-state index contributed by atoms with van der Waals surface area (Å²) in [7, 11) is 0. The van der Waals surface area contributed by atoms with Crippen LogP contribution in [-0.2, 0) is 19.1 Å². The minimum Gasteiger partial charge on any atom is -0.463 e. The molecule has 6 heteroatoms. The molecule has 104 valence electrons. The Kier molecular flexibility index (Phi) is 9.86. The zero-order valence-electron chi connectivity index (χ0n) is 10.7. The number of aliphatic hydroxyl groups is 1. The number of hydrogen-bond acceptors (Lipinski definition) is 5. The van der Waals surface area contributed by atoms with E-state index in [1.807, 2.05) is 0 Å². The predicted octanol–water partition coefficient (Wildman–Crippen LogP) is 0.525. The number of imide groups is 1. The number of esters is 1. The highest BCUT2D eigenvalue weighted by atomic mass is 16.5. The third-order valence-electron chi connectivity index (χ3n) is 2.20. The van der Waals surface area contributed by atoms with Crippen LogP contribution in [0, 0.1) is 0 Å². The summed E-state index contributed by atoms with van der Waals surface area (Å²) in [6.07, 6.45) is 4.29. The first-order chi connectivity index (χ1) is 8.60. The van der Waals surface area contributed by atoms with Crippen LogP contribution in [0.3, 0.4) is 0 Å². The Bertz CT molecular complexity index is 264. The number of aliphatic hydroxyl groups excluding tert-OH is 1. The molecule has 1 aliphatic heterocycles. The largest absolute Gasteiger partial charge is 0.463 e. The van der Waals surface area contributed by atoms with Gasteiger partial charge in [-0.15, -0.1) is 0 Å². The molecule has 0 atom stereocenters. The average Bonchev–Trinajstić information content (AvgIpc) is 2.72. The van der Waals surface area contributed by atoms with Gasteiger partial charge < -0.3 is 9.84 Å². The second-order valence-electron chi connectivity index (χ2n) is 3.87. The van der Waals surface area contributed by atoms with Crippen molar-refractivity contribution >= 4 is 17.8 Å². The molecule has 1 heterocycles. The van der Waals surface area contributed by atoms with Crippen LogP contribution in [0.5, 0.6) is 0 Å². The fourth-order valence-corrected chi connectivity index (χ4v) is 1.26. The van der Waals surface area contributed by atoms with Crippen molar-refractivity contribution in [1.29, 1.82) is 0 Å². The van der Waals surface area contributed by atoms with Crippen LogP contribution in [-0.4, -0.2) is 36.1 Å². The van der Waals surface area contributed by atoms with Crippen molar-refractivity contribution in [3.8, 4) is 0 Å². The Balaban J connectivity index is 0.000000351. The molecule has 2 N–H and O–H groups in total. The summed E-state index contributed by atoms with van der Waals surface area (Å²) in [6.45, 7) is 2.13. The van der Waals surface area contributed by atoms with E-state index in [4.69, 9.17) is 5.11 Å². The number of ether oxygens (including phenoxy) is 1. The van der Waals surface area contributed by atoms with E-state index in [-0.39, 0.29) is 31.0 Å². The monoisotopic (exact) mass is 259 g/mol. The topological polar surface area (TPSA) is 92.7 Å². The van der Waals surface area contributed by atoms with E-state index in [1.54, 1.807) is 0 Å². The Morgan fingerprint density at radius 2 is 1.89 bits per heavy atom. The smallest absolute Gasteiger partial charge is 0.305 e. The van der Waals surface area contributed by atoms with Crippen molar-refractivity contribution in [2.24, 2.45) is 0 Å². The molecule has 18 heavy (non-hydrogen) atoms. The summed E-state index contributed by atoms with van der Waals surface area (Å²) in [5.74, 6) is -0.498. The molecule has 6 nitrogen and oxygen atoms in total. The highest BCUT2D eigenvalue weighted by Gasteiger charge is 2.15. The van der Waals surface area contributed by atoms with Crippen LogP contribution in [0.1, 0.15) is 45.4 Å². The molecule has 0 bridgehead atoms.